The van der Waals surface area contributed by atoms with Crippen molar-refractivity contribution in [3.63, 3.8) is 0 Å². The van der Waals surface area contributed by atoms with Crippen molar-refractivity contribution in [1.82, 2.24) is 19.3 Å². The maximum Gasteiger partial charge on any atom is 0.283 e. The number of aromatic nitrogens is 3. The molecule has 0 atom stereocenters. The maximum absolute atomic E-state index is 12.6. The molecule has 10 heteroatoms. The lowest BCUT2D eigenvalue weighted by molar-refractivity contribution is 0.0977. The van der Waals surface area contributed by atoms with Crippen LogP contribution in [0.1, 0.15) is 47.4 Å². The summed E-state index contributed by atoms with van der Waals surface area (Å²) < 4.78 is 29.5. The average molecular weight is 491 g/mol. The van der Waals surface area contributed by atoms with Crippen molar-refractivity contribution in [1.29, 1.82) is 0 Å². The molecule has 0 aliphatic rings. The lowest BCUT2D eigenvalue weighted by atomic mass is 10.2. The highest BCUT2D eigenvalue weighted by Gasteiger charge is 2.20. The average Bonchev–Trinajstić information content (AvgIpc) is 3.24. The predicted octanol–water partition coefficient (Wildman–Crippen LogP) is 4.91. The first-order valence-electron chi connectivity index (χ1n) is 10.3. The molecule has 168 valence electrons. The number of imidazole rings is 1. The zero-order valence-corrected chi connectivity index (χ0v) is 20.1. The Morgan fingerprint density at radius 1 is 1.16 bits per heavy atom. The second-order valence-electron chi connectivity index (χ2n) is 7.58. The van der Waals surface area contributed by atoms with Crippen LogP contribution in [0.2, 0.25) is 5.02 Å². The molecule has 1 N–H and O–H groups in total. The van der Waals surface area contributed by atoms with Gasteiger partial charge in [-0.25, -0.2) is 23.1 Å². The molecule has 0 radical (unpaired) electrons. The largest absolute Gasteiger partial charge is 0.308 e. The number of nitrogens with zero attached hydrogens (tertiary/aromatic N) is 3. The molecule has 7 nitrogen and oxygen atoms in total. The summed E-state index contributed by atoms with van der Waals surface area (Å²) in [6.07, 6.45) is 2.19. The first-order chi connectivity index (χ1) is 15.3. The highest BCUT2D eigenvalue weighted by atomic mass is 35.5. The Bertz CT molecular complexity index is 1410. The van der Waals surface area contributed by atoms with Crippen LogP contribution in [0.4, 0.5) is 0 Å². The zero-order chi connectivity index (χ0) is 22.9. The Labute approximate surface area is 195 Å². The Kier molecular flexibility index (Phi) is 6.50. The van der Waals surface area contributed by atoms with Crippen LogP contribution in [0.25, 0.3) is 21.3 Å². The van der Waals surface area contributed by atoms with Crippen LogP contribution in [-0.4, -0.2) is 34.6 Å². The van der Waals surface area contributed by atoms with Gasteiger partial charge in [0.25, 0.3) is 5.91 Å². The quantitative estimate of drug-likeness (QED) is 0.354. The Morgan fingerprint density at radius 2 is 1.94 bits per heavy atom. The van der Waals surface area contributed by atoms with Gasteiger partial charge in [0, 0.05) is 15.0 Å². The summed E-state index contributed by atoms with van der Waals surface area (Å²) >= 11 is 8.21. The molecule has 4 rings (SSSR count). The topological polar surface area (TPSA) is 94.0 Å². The van der Waals surface area contributed by atoms with Crippen LogP contribution in [-0.2, 0) is 16.6 Å². The number of hydrogen-bond acceptors (Lipinski definition) is 6. The van der Waals surface area contributed by atoms with E-state index in [4.69, 9.17) is 11.6 Å². The van der Waals surface area contributed by atoms with Gasteiger partial charge >= 0.3 is 0 Å². The van der Waals surface area contributed by atoms with E-state index in [1.807, 2.05) is 42.7 Å². The fraction of sp³-hybridized carbons (Fsp3) is 0.318. The van der Waals surface area contributed by atoms with E-state index in [2.05, 4.69) is 14.7 Å². The number of hydrogen-bond donors (Lipinski definition) is 1. The molecule has 3 aromatic heterocycles. The normalized spacial score (nSPS) is 12.0. The summed E-state index contributed by atoms with van der Waals surface area (Å²) in [5, 5.41) is 1.69. The van der Waals surface area contributed by atoms with Crippen molar-refractivity contribution in [3.8, 4) is 0 Å². The van der Waals surface area contributed by atoms with Gasteiger partial charge in [0.15, 0.2) is 5.65 Å². The lowest BCUT2D eigenvalue weighted by Gasteiger charge is -2.08. The van der Waals surface area contributed by atoms with Gasteiger partial charge in [0.05, 0.1) is 17.3 Å². The number of amides is 1. The summed E-state index contributed by atoms with van der Waals surface area (Å²) in [6, 6.07) is 11.1. The van der Waals surface area contributed by atoms with Crippen molar-refractivity contribution < 1.29 is 13.2 Å². The first kappa shape index (κ1) is 22.7. The molecule has 0 aliphatic carbocycles. The van der Waals surface area contributed by atoms with Crippen LogP contribution in [0.5, 0.6) is 0 Å². The number of sulfonamides is 1. The van der Waals surface area contributed by atoms with Gasteiger partial charge in [-0.1, -0.05) is 49.6 Å². The molecule has 0 unspecified atom stereocenters. The summed E-state index contributed by atoms with van der Waals surface area (Å²) in [5.41, 5.74) is 1.16. The summed E-state index contributed by atoms with van der Waals surface area (Å²) in [4.78, 5) is 22.5. The molecule has 4 aromatic rings. The number of nitrogens with one attached hydrogen (secondary N) is 1. The highest BCUT2D eigenvalue weighted by molar-refractivity contribution is 7.90. The molecule has 0 spiro atoms. The Morgan fingerprint density at radius 3 is 2.69 bits per heavy atom. The van der Waals surface area contributed by atoms with Crippen LogP contribution < -0.4 is 4.72 Å². The molecule has 0 saturated heterocycles. The Hall–Kier alpha value is -2.49. The minimum absolute atomic E-state index is 0.0279. The van der Waals surface area contributed by atoms with Crippen molar-refractivity contribution in [2.45, 2.75) is 39.7 Å². The van der Waals surface area contributed by atoms with Crippen LogP contribution in [0.3, 0.4) is 0 Å². The molecule has 0 aliphatic heterocycles. The number of rotatable bonds is 8. The van der Waals surface area contributed by atoms with Crippen LogP contribution in [0.15, 0.2) is 36.4 Å². The van der Waals surface area contributed by atoms with Gasteiger partial charge in [0.2, 0.25) is 10.0 Å². The van der Waals surface area contributed by atoms with E-state index < -0.39 is 15.9 Å². The fourth-order valence-corrected chi connectivity index (χ4v) is 6.08. The van der Waals surface area contributed by atoms with E-state index >= 15 is 0 Å². The molecule has 1 aromatic carbocycles. The second-order valence-corrected chi connectivity index (χ2v) is 10.9. The predicted molar refractivity (Wildman–Crippen MR) is 129 cm³/mol. The monoisotopic (exact) mass is 490 g/mol. The third-order valence-electron chi connectivity index (χ3n) is 5.18. The van der Waals surface area contributed by atoms with Gasteiger partial charge in [-0.05, 0) is 31.5 Å². The zero-order valence-electron chi connectivity index (χ0n) is 17.8. The number of carbonyl (C=O) groups excluding carboxylic acids is 1. The van der Waals surface area contributed by atoms with Crippen molar-refractivity contribution in [3.05, 3.63) is 57.8 Å². The minimum Gasteiger partial charge on any atom is -0.308 e. The molecule has 0 fully saturated rings. The number of carbonyl (C=O) groups is 1. The van der Waals surface area contributed by atoms with E-state index in [0.29, 0.717) is 29.2 Å². The standard InChI is InChI=1S/C22H23ClN4O3S2/c1-3-4-7-12-32(29,30)26-22(28)17-11-10-16-21(25-17)27(14(2)24-16)13-19-20(23)15-8-5-6-9-18(15)31-19/h5-6,8-11H,3-4,7,12-13H2,1-2H3,(H,26,28). The van der Waals surface area contributed by atoms with E-state index in [-0.39, 0.29) is 11.4 Å². The number of fused-ring (bicyclic) bond motifs is 2. The second kappa shape index (κ2) is 9.17. The van der Waals surface area contributed by atoms with Gasteiger partial charge in [-0.15, -0.1) is 11.3 Å². The molecular weight excluding hydrogens is 468 g/mol. The molecule has 32 heavy (non-hydrogen) atoms. The summed E-state index contributed by atoms with van der Waals surface area (Å²) in [5.74, 6) is -0.101. The van der Waals surface area contributed by atoms with Crippen molar-refractivity contribution in [2.75, 3.05) is 5.75 Å². The van der Waals surface area contributed by atoms with Gasteiger partial charge in [-0.2, -0.15) is 0 Å². The third-order valence-corrected chi connectivity index (χ3v) is 8.21. The van der Waals surface area contributed by atoms with E-state index in [9.17, 15) is 13.2 Å². The van der Waals surface area contributed by atoms with Gasteiger partial charge in [-0.3, -0.25) is 4.79 Å². The van der Waals surface area contributed by atoms with Crippen LogP contribution in [0, 0.1) is 6.92 Å². The lowest BCUT2D eigenvalue weighted by Crippen LogP contribution is -2.33. The van der Waals surface area contributed by atoms with Gasteiger partial charge < -0.3 is 4.57 Å². The maximum atomic E-state index is 12.6. The molecular formula is C22H23ClN4O3S2. The summed E-state index contributed by atoms with van der Waals surface area (Å²) in [6.45, 7) is 4.30. The fourth-order valence-electron chi connectivity index (χ4n) is 3.53. The minimum atomic E-state index is -3.71. The van der Waals surface area contributed by atoms with E-state index in [1.54, 1.807) is 17.4 Å². The first-order valence-corrected chi connectivity index (χ1v) is 13.2. The molecule has 0 saturated carbocycles. The van der Waals surface area contributed by atoms with E-state index in [1.165, 1.54) is 6.07 Å². The smallest absolute Gasteiger partial charge is 0.283 e. The van der Waals surface area contributed by atoms with Gasteiger partial charge in [0.1, 0.15) is 17.0 Å². The third kappa shape index (κ3) is 4.65. The number of thiophene rings is 1. The molecule has 1 amide bonds. The number of unbranched alkanes of at least 4 members (excludes halogenated alkanes) is 2. The van der Waals surface area contributed by atoms with Crippen LogP contribution >= 0.6 is 22.9 Å². The summed E-state index contributed by atoms with van der Waals surface area (Å²) in [7, 11) is -3.71. The van der Waals surface area contributed by atoms with Crippen molar-refractivity contribution >= 4 is 60.1 Å². The van der Waals surface area contributed by atoms with Crippen molar-refractivity contribution in [2.24, 2.45) is 0 Å². The number of aryl methyl sites for hydroxylation is 1. The SMILES string of the molecule is CCCCCS(=O)(=O)NC(=O)c1ccc2nc(C)n(Cc3sc4ccccc4c3Cl)c2n1. The number of pyridine rings is 1. The highest BCUT2D eigenvalue weighted by Crippen LogP contribution is 2.36. The Balaban J connectivity index is 1.63. The number of halogens is 1. The number of benzene rings is 1. The molecule has 3 heterocycles. The molecule has 0 bridgehead atoms. The van der Waals surface area contributed by atoms with E-state index in [0.717, 1.165) is 33.6 Å².